The van der Waals surface area contributed by atoms with Crippen LogP contribution in [0.3, 0.4) is 0 Å². The van der Waals surface area contributed by atoms with Crippen LogP contribution in [-0.4, -0.2) is 36.6 Å². The number of hydrogen-bond donors (Lipinski definition) is 1. The van der Waals surface area contributed by atoms with Crippen molar-refractivity contribution in [2.24, 2.45) is 0 Å². The van der Waals surface area contributed by atoms with Gasteiger partial charge in [-0.1, -0.05) is 18.2 Å². The van der Waals surface area contributed by atoms with Gasteiger partial charge in [0.15, 0.2) is 11.6 Å². The van der Waals surface area contributed by atoms with Crippen LogP contribution in [0.4, 0.5) is 8.78 Å². The average molecular weight is 458 g/mol. The molecule has 1 aliphatic rings. The average Bonchev–Trinajstić information content (AvgIpc) is 3.19. The van der Waals surface area contributed by atoms with Crippen molar-refractivity contribution >= 4 is 24.8 Å². The maximum Gasteiger partial charge on any atom is 0.226 e. The Morgan fingerprint density at radius 3 is 2.73 bits per heavy atom. The molecule has 0 amide bonds. The molecule has 9 heteroatoms. The van der Waals surface area contributed by atoms with E-state index in [0.29, 0.717) is 12.1 Å². The number of aromatic nitrogens is 1. The molecular formula is C21H23Cl2F2N3O2. The largest absolute Gasteiger partial charge is 0.496 e. The lowest BCUT2D eigenvalue weighted by Crippen LogP contribution is -2.45. The lowest BCUT2D eigenvalue weighted by atomic mass is 10.0. The number of rotatable bonds is 5. The van der Waals surface area contributed by atoms with Crippen molar-refractivity contribution in [1.82, 2.24) is 15.2 Å². The molecule has 4 rings (SSSR count). The molecule has 0 aliphatic carbocycles. The third-order valence-electron chi connectivity index (χ3n) is 4.94. The third-order valence-corrected chi connectivity index (χ3v) is 4.94. The van der Waals surface area contributed by atoms with Crippen molar-refractivity contribution in [1.29, 1.82) is 0 Å². The lowest BCUT2D eigenvalue weighted by Gasteiger charge is -2.36. The molecule has 2 heterocycles. The molecule has 162 valence electrons. The Hall–Kier alpha value is -2.19. The van der Waals surface area contributed by atoms with Crippen molar-refractivity contribution in [3.05, 3.63) is 71.6 Å². The minimum absolute atomic E-state index is 0. The summed E-state index contributed by atoms with van der Waals surface area (Å²) < 4.78 is 37.7. The number of nitrogens with zero attached hydrogens (tertiary/aromatic N) is 2. The van der Waals surface area contributed by atoms with Gasteiger partial charge in [-0.3, -0.25) is 4.90 Å². The molecule has 2 aromatic carbocycles. The smallest absolute Gasteiger partial charge is 0.226 e. The Labute approximate surface area is 186 Å². The normalized spacial score (nSPS) is 16.4. The van der Waals surface area contributed by atoms with Crippen LogP contribution < -0.4 is 10.1 Å². The number of nitrogens with one attached hydrogen (secondary N) is 1. The van der Waals surface area contributed by atoms with E-state index in [1.165, 1.54) is 6.07 Å². The van der Waals surface area contributed by atoms with E-state index in [4.69, 9.17) is 9.15 Å². The fraction of sp³-hybridized carbons (Fsp3) is 0.286. The van der Waals surface area contributed by atoms with E-state index >= 15 is 0 Å². The molecule has 1 aromatic heterocycles. The summed E-state index contributed by atoms with van der Waals surface area (Å²) in [7, 11) is 1.67. The Balaban J connectivity index is 0.00000160. The molecule has 1 unspecified atom stereocenters. The van der Waals surface area contributed by atoms with Gasteiger partial charge in [0.1, 0.15) is 12.0 Å². The minimum atomic E-state index is -0.921. The van der Waals surface area contributed by atoms with Crippen LogP contribution in [0.15, 0.2) is 53.1 Å². The predicted octanol–water partition coefficient (Wildman–Crippen LogP) is 4.62. The fourth-order valence-corrected chi connectivity index (χ4v) is 3.53. The van der Waals surface area contributed by atoms with Gasteiger partial charge in [0.2, 0.25) is 5.89 Å². The van der Waals surface area contributed by atoms with E-state index < -0.39 is 11.6 Å². The quantitative estimate of drug-likeness (QED) is 0.605. The number of methoxy groups -OCH3 is 1. The van der Waals surface area contributed by atoms with Gasteiger partial charge in [0.25, 0.3) is 0 Å². The predicted molar refractivity (Wildman–Crippen MR) is 115 cm³/mol. The van der Waals surface area contributed by atoms with Crippen molar-refractivity contribution in [3.63, 3.8) is 0 Å². The van der Waals surface area contributed by atoms with Gasteiger partial charge in [-0.2, -0.15) is 0 Å². The van der Waals surface area contributed by atoms with Crippen LogP contribution in [0.5, 0.6) is 5.75 Å². The van der Waals surface area contributed by atoms with Crippen LogP contribution in [-0.2, 0) is 6.54 Å². The summed E-state index contributed by atoms with van der Waals surface area (Å²) in [6, 6.07) is 11.7. The van der Waals surface area contributed by atoms with Crippen LogP contribution in [0.2, 0.25) is 0 Å². The molecule has 0 spiro atoms. The van der Waals surface area contributed by atoms with Crippen molar-refractivity contribution in [3.8, 4) is 17.2 Å². The molecule has 1 N–H and O–H groups in total. The first-order valence-corrected chi connectivity index (χ1v) is 9.13. The number of piperazine rings is 1. The second-order valence-electron chi connectivity index (χ2n) is 6.71. The fourth-order valence-electron chi connectivity index (χ4n) is 3.53. The second-order valence-corrected chi connectivity index (χ2v) is 6.71. The van der Waals surface area contributed by atoms with Crippen molar-refractivity contribution in [2.45, 2.75) is 12.6 Å². The van der Waals surface area contributed by atoms with E-state index in [1.807, 2.05) is 18.2 Å². The minimum Gasteiger partial charge on any atom is -0.496 e. The number of oxazole rings is 1. The number of benzene rings is 2. The van der Waals surface area contributed by atoms with Gasteiger partial charge in [-0.05, 0) is 24.3 Å². The highest BCUT2D eigenvalue weighted by Crippen LogP contribution is 2.31. The molecule has 0 bridgehead atoms. The molecule has 5 nitrogen and oxygen atoms in total. The summed E-state index contributed by atoms with van der Waals surface area (Å²) in [6.07, 6.45) is 1.57. The Morgan fingerprint density at radius 1 is 1.17 bits per heavy atom. The molecule has 1 atom stereocenters. The van der Waals surface area contributed by atoms with Crippen LogP contribution in [0.25, 0.3) is 11.5 Å². The van der Waals surface area contributed by atoms with Gasteiger partial charge < -0.3 is 14.5 Å². The SMILES string of the molecule is COc1ccccc1C1CNCCN1Cc1coc(-c2ccc(F)c(F)c2)n1.Cl.Cl. The third kappa shape index (κ3) is 5.10. The first-order chi connectivity index (χ1) is 13.7. The van der Waals surface area contributed by atoms with Crippen molar-refractivity contribution < 1.29 is 17.9 Å². The molecular weight excluding hydrogens is 435 g/mol. The van der Waals surface area contributed by atoms with E-state index in [0.717, 1.165) is 48.8 Å². The van der Waals surface area contributed by atoms with Crippen LogP contribution >= 0.6 is 24.8 Å². The number of hydrogen-bond acceptors (Lipinski definition) is 5. The summed E-state index contributed by atoms with van der Waals surface area (Å²) in [6.45, 7) is 3.10. The molecule has 1 fully saturated rings. The molecule has 1 aliphatic heterocycles. The summed E-state index contributed by atoms with van der Waals surface area (Å²) >= 11 is 0. The summed E-state index contributed by atoms with van der Waals surface area (Å²) in [5.41, 5.74) is 2.26. The Kier molecular flexibility index (Phi) is 8.61. The molecule has 0 radical (unpaired) electrons. The van der Waals surface area contributed by atoms with Gasteiger partial charge in [-0.25, -0.2) is 13.8 Å². The zero-order valence-corrected chi connectivity index (χ0v) is 17.9. The highest BCUT2D eigenvalue weighted by atomic mass is 35.5. The van der Waals surface area contributed by atoms with E-state index in [-0.39, 0.29) is 36.7 Å². The van der Waals surface area contributed by atoms with E-state index in [9.17, 15) is 8.78 Å². The van der Waals surface area contributed by atoms with Gasteiger partial charge in [0.05, 0.1) is 18.8 Å². The highest BCUT2D eigenvalue weighted by Gasteiger charge is 2.27. The lowest BCUT2D eigenvalue weighted by molar-refractivity contribution is 0.149. The molecule has 3 aromatic rings. The molecule has 30 heavy (non-hydrogen) atoms. The molecule has 0 saturated carbocycles. The summed E-state index contributed by atoms with van der Waals surface area (Å²) in [5.74, 6) is -0.687. The zero-order chi connectivity index (χ0) is 19.5. The maximum atomic E-state index is 13.5. The summed E-state index contributed by atoms with van der Waals surface area (Å²) in [4.78, 5) is 6.77. The van der Waals surface area contributed by atoms with Gasteiger partial charge >= 0.3 is 0 Å². The maximum absolute atomic E-state index is 13.5. The van der Waals surface area contributed by atoms with Crippen LogP contribution in [0.1, 0.15) is 17.3 Å². The van der Waals surface area contributed by atoms with Crippen molar-refractivity contribution in [2.75, 3.05) is 26.7 Å². The van der Waals surface area contributed by atoms with Crippen LogP contribution in [0, 0.1) is 11.6 Å². The Bertz CT molecular complexity index is 971. The van der Waals surface area contributed by atoms with E-state index in [1.54, 1.807) is 13.4 Å². The standard InChI is InChI=1S/C21H21F2N3O2.2ClH/c1-27-20-5-3-2-4-16(20)19-11-24-8-9-26(19)12-15-13-28-21(25-15)14-6-7-17(22)18(23)10-14;;/h2-7,10,13,19,24H,8-9,11-12H2,1H3;2*1H. The number of halogens is 4. The monoisotopic (exact) mass is 457 g/mol. The number of ether oxygens (including phenoxy) is 1. The summed E-state index contributed by atoms with van der Waals surface area (Å²) in [5, 5.41) is 3.42. The van der Waals surface area contributed by atoms with Gasteiger partial charge in [-0.15, -0.1) is 24.8 Å². The Morgan fingerprint density at radius 2 is 1.97 bits per heavy atom. The number of para-hydroxylation sites is 1. The first kappa shape index (κ1) is 24.1. The topological polar surface area (TPSA) is 50.5 Å². The highest BCUT2D eigenvalue weighted by molar-refractivity contribution is 5.85. The van der Waals surface area contributed by atoms with Gasteiger partial charge in [0, 0.05) is 37.3 Å². The zero-order valence-electron chi connectivity index (χ0n) is 16.3. The second kappa shape index (κ2) is 10.7. The first-order valence-electron chi connectivity index (χ1n) is 9.13. The molecule has 1 saturated heterocycles. The van der Waals surface area contributed by atoms with E-state index in [2.05, 4.69) is 21.3 Å².